The summed E-state index contributed by atoms with van der Waals surface area (Å²) in [5.74, 6) is 0. The van der Waals surface area contributed by atoms with E-state index in [2.05, 4.69) is 82.5 Å². The number of allylic oxidation sites excluding steroid dienone is 1. The Hall–Kier alpha value is -1.73. The molecule has 21 heavy (non-hydrogen) atoms. The summed E-state index contributed by atoms with van der Waals surface area (Å²) in [6.07, 6.45) is 2.93. The third-order valence-electron chi connectivity index (χ3n) is 3.83. The largest absolute Gasteiger partial charge is 0.143 e. The van der Waals surface area contributed by atoms with Crippen molar-refractivity contribution < 1.29 is 0 Å². The van der Waals surface area contributed by atoms with Gasteiger partial charge < -0.3 is 0 Å². The van der Waals surface area contributed by atoms with Gasteiger partial charge in [-0.25, -0.2) is 0 Å². The van der Waals surface area contributed by atoms with Gasteiger partial charge in [-0.15, -0.1) is 12.6 Å². The van der Waals surface area contributed by atoms with E-state index in [0.29, 0.717) is 0 Å². The Bertz CT molecular complexity index is 693. The second-order valence-corrected chi connectivity index (χ2v) is 6.07. The standard InChI is InChI=1S/C20H22S/c1-14-9-10-18(11-16(14)3)12-17(4)20(21)13-19-8-6-5-7-15(19)2/h5-11,13,21H,4,12H2,1-3H3/b20-13-. The summed E-state index contributed by atoms with van der Waals surface area (Å²) in [7, 11) is 0. The molecular formula is C20H22S. The van der Waals surface area contributed by atoms with Crippen molar-refractivity contribution in [1.82, 2.24) is 0 Å². The van der Waals surface area contributed by atoms with Gasteiger partial charge in [-0.05, 0) is 66.7 Å². The van der Waals surface area contributed by atoms with Crippen molar-refractivity contribution >= 4 is 18.7 Å². The highest BCUT2D eigenvalue weighted by atomic mass is 32.1. The van der Waals surface area contributed by atoms with Crippen molar-refractivity contribution in [3.05, 3.63) is 87.3 Å². The fraction of sp³-hybridized carbons (Fsp3) is 0.200. The summed E-state index contributed by atoms with van der Waals surface area (Å²) in [6, 6.07) is 14.9. The van der Waals surface area contributed by atoms with E-state index in [-0.39, 0.29) is 0 Å². The number of rotatable bonds is 4. The molecule has 0 fully saturated rings. The van der Waals surface area contributed by atoms with Crippen LogP contribution in [-0.4, -0.2) is 0 Å². The van der Waals surface area contributed by atoms with Crippen LogP contribution in [0.5, 0.6) is 0 Å². The minimum absolute atomic E-state index is 0.836. The lowest BCUT2D eigenvalue weighted by atomic mass is 10.00. The molecule has 108 valence electrons. The number of thiol groups is 1. The van der Waals surface area contributed by atoms with E-state index in [1.54, 1.807) is 0 Å². The lowest BCUT2D eigenvalue weighted by Crippen LogP contribution is -1.92. The molecule has 2 aromatic rings. The van der Waals surface area contributed by atoms with Crippen molar-refractivity contribution in [1.29, 1.82) is 0 Å². The first-order valence-electron chi connectivity index (χ1n) is 7.18. The van der Waals surface area contributed by atoms with Gasteiger partial charge in [0.05, 0.1) is 0 Å². The molecule has 1 heteroatoms. The maximum absolute atomic E-state index is 4.62. The molecule has 0 saturated carbocycles. The van der Waals surface area contributed by atoms with Gasteiger partial charge in [-0.1, -0.05) is 49.0 Å². The van der Waals surface area contributed by atoms with E-state index >= 15 is 0 Å². The van der Waals surface area contributed by atoms with E-state index in [1.807, 2.05) is 6.07 Å². The van der Waals surface area contributed by atoms with E-state index in [4.69, 9.17) is 0 Å². The summed E-state index contributed by atoms with van der Waals surface area (Å²) in [5.41, 5.74) is 7.43. The molecular weight excluding hydrogens is 272 g/mol. The monoisotopic (exact) mass is 294 g/mol. The van der Waals surface area contributed by atoms with Crippen molar-refractivity contribution in [2.75, 3.05) is 0 Å². The van der Waals surface area contributed by atoms with Gasteiger partial charge in [0.2, 0.25) is 0 Å². The van der Waals surface area contributed by atoms with Crippen LogP contribution in [0.2, 0.25) is 0 Å². The lowest BCUT2D eigenvalue weighted by molar-refractivity contribution is 1.17. The van der Waals surface area contributed by atoms with Crippen molar-refractivity contribution in [3.63, 3.8) is 0 Å². The third kappa shape index (κ3) is 4.12. The summed E-state index contributed by atoms with van der Waals surface area (Å²) in [4.78, 5) is 0.947. The molecule has 0 radical (unpaired) electrons. The van der Waals surface area contributed by atoms with Crippen LogP contribution in [0.15, 0.2) is 59.5 Å². The Labute approximate surface area is 133 Å². The van der Waals surface area contributed by atoms with E-state index in [0.717, 1.165) is 16.9 Å². The highest BCUT2D eigenvalue weighted by molar-refractivity contribution is 7.85. The molecule has 0 aromatic heterocycles. The molecule has 0 heterocycles. The first-order chi connectivity index (χ1) is 9.97. The average Bonchev–Trinajstić information content (AvgIpc) is 2.45. The fourth-order valence-corrected chi connectivity index (χ4v) is 2.47. The minimum atomic E-state index is 0.836. The molecule has 0 unspecified atom stereocenters. The predicted molar refractivity (Wildman–Crippen MR) is 96.9 cm³/mol. The Kier molecular flexibility index (Phi) is 5.08. The Balaban J connectivity index is 2.16. The topological polar surface area (TPSA) is 0 Å². The normalized spacial score (nSPS) is 11.5. The zero-order valence-electron chi connectivity index (χ0n) is 13.0. The maximum Gasteiger partial charge on any atom is 0.00755 e. The molecule has 0 spiro atoms. The van der Waals surface area contributed by atoms with Gasteiger partial charge in [-0.2, -0.15) is 0 Å². The van der Waals surface area contributed by atoms with Gasteiger partial charge in [0.1, 0.15) is 0 Å². The van der Waals surface area contributed by atoms with Crippen molar-refractivity contribution in [3.8, 4) is 0 Å². The molecule has 0 bridgehead atoms. The highest BCUT2D eigenvalue weighted by Crippen LogP contribution is 2.23. The molecule has 0 aliphatic carbocycles. The summed E-state index contributed by atoms with van der Waals surface area (Å²) < 4.78 is 0. The van der Waals surface area contributed by atoms with Gasteiger partial charge in [0.15, 0.2) is 0 Å². The van der Waals surface area contributed by atoms with Crippen LogP contribution in [-0.2, 0) is 6.42 Å². The predicted octanol–water partition coefficient (Wildman–Crippen LogP) is 5.68. The fourth-order valence-electron chi connectivity index (χ4n) is 2.25. The first-order valence-corrected chi connectivity index (χ1v) is 7.62. The molecule has 2 rings (SSSR count). The molecule has 0 amide bonds. The molecule has 0 aliphatic heterocycles. The second-order valence-electron chi connectivity index (χ2n) is 5.59. The van der Waals surface area contributed by atoms with Gasteiger partial charge in [-0.3, -0.25) is 0 Å². The van der Waals surface area contributed by atoms with Crippen LogP contribution in [0.4, 0.5) is 0 Å². The molecule has 0 aliphatic rings. The van der Waals surface area contributed by atoms with Gasteiger partial charge in [0, 0.05) is 4.91 Å². The number of hydrogen-bond acceptors (Lipinski definition) is 1. The molecule has 2 aromatic carbocycles. The Morgan fingerprint density at radius 3 is 2.38 bits per heavy atom. The van der Waals surface area contributed by atoms with Crippen LogP contribution in [0.3, 0.4) is 0 Å². The summed E-state index contributed by atoms with van der Waals surface area (Å²) >= 11 is 4.62. The molecule has 0 nitrogen and oxygen atoms in total. The molecule has 0 saturated heterocycles. The van der Waals surface area contributed by atoms with E-state index in [9.17, 15) is 0 Å². The van der Waals surface area contributed by atoms with Crippen molar-refractivity contribution in [2.24, 2.45) is 0 Å². The summed E-state index contributed by atoms with van der Waals surface area (Å²) in [6.45, 7) is 10.6. The van der Waals surface area contributed by atoms with Crippen molar-refractivity contribution in [2.45, 2.75) is 27.2 Å². The Morgan fingerprint density at radius 1 is 1.00 bits per heavy atom. The van der Waals surface area contributed by atoms with Crippen LogP contribution < -0.4 is 0 Å². The van der Waals surface area contributed by atoms with Gasteiger partial charge in [0.25, 0.3) is 0 Å². The second kappa shape index (κ2) is 6.82. The zero-order chi connectivity index (χ0) is 15.4. The quantitative estimate of drug-likeness (QED) is 0.544. The lowest BCUT2D eigenvalue weighted by Gasteiger charge is -2.09. The van der Waals surface area contributed by atoms with Gasteiger partial charge >= 0.3 is 0 Å². The highest BCUT2D eigenvalue weighted by Gasteiger charge is 2.03. The molecule has 0 N–H and O–H groups in total. The Morgan fingerprint density at radius 2 is 1.71 bits per heavy atom. The molecule has 0 atom stereocenters. The first kappa shape index (κ1) is 15.7. The third-order valence-corrected chi connectivity index (χ3v) is 4.28. The van der Waals surface area contributed by atoms with E-state index < -0.39 is 0 Å². The SMILES string of the molecule is C=C(Cc1ccc(C)c(C)c1)/C(S)=C/c1ccccc1C. The average molecular weight is 294 g/mol. The summed E-state index contributed by atoms with van der Waals surface area (Å²) in [5, 5.41) is 0. The van der Waals surface area contributed by atoms with Crippen LogP contribution in [0, 0.1) is 20.8 Å². The zero-order valence-corrected chi connectivity index (χ0v) is 13.9. The number of benzene rings is 2. The smallest absolute Gasteiger partial charge is 0.00755 e. The van der Waals surface area contributed by atoms with Crippen LogP contribution in [0.25, 0.3) is 6.08 Å². The maximum atomic E-state index is 4.62. The van der Waals surface area contributed by atoms with E-state index in [1.165, 1.54) is 27.8 Å². The van der Waals surface area contributed by atoms with Crippen LogP contribution in [0.1, 0.15) is 27.8 Å². The minimum Gasteiger partial charge on any atom is -0.143 e. The number of hydrogen-bond donors (Lipinski definition) is 1. The van der Waals surface area contributed by atoms with Crippen LogP contribution >= 0.6 is 12.6 Å². The number of aryl methyl sites for hydroxylation is 3.